The Labute approximate surface area is 156 Å². The van der Waals surface area contributed by atoms with Crippen LogP contribution in [-0.4, -0.2) is 32.1 Å². The molecule has 134 valence electrons. The standard InChI is InChI=1S/C19H19ClN4O2/c20-17-12-15(22-18-9-10-21-24(17)18)16-8-4-5-11-23(16)19(25)26-13-14-6-2-1-3-7-14/h1-3,6-7,9-10,12,16H,4-5,8,11,13H2. The summed E-state index contributed by atoms with van der Waals surface area (Å²) in [6.07, 6.45) is 4.18. The molecule has 1 amide bonds. The van der Waals surface area contributed by atoms with E-state index in [1.807, 2.05) is 30.3 Å². The molecule has 6 nitrogen and oxygen atoms in total. The van der Waals surface area contributed by atoms with Gasteiger partial charge in [0.25, 0.3) is 0 Å². The molecule has 0 bridgehead atoms. The van der Waals surface area contributed by atoms with Gasteiger partial charge in [0.2, 0.25) is 0 Å². The lowest BCUT2D eigenvalue weighted by Crippen LogP contribution is -2.39. The maximum Gasteiger partial charge on any atom is 0.410 e. The zero-order valence-electron chi connectivity index (χ0n) is 14.2. The zero-order valence-corrected chi connectivity index (χ0v) is 15.0. The van der Waals surface area contributed by atoms with Crippen molar-refractivity contribution in [2.75, 3.05) is 6.54 Å². The van der Waals surface area contributed by atoms with Gasteiger partial charge in [-0.15, -0.1) is 0 Å². The molecule has 1 unspecified atom stereocenters. The Bertz CT molecular complexity index is 912. The second-order valence-electron chi connectivity index (χ2n) is 6.35. The van der Waals surface area contributed by atoms with Crippen molar-refractivity contribution in [3.63, 3.8) is 0 Å². The fourth-order valence-corrected chi connectivity index (χ4v) is 3.57. The number of halogens is 1. The van der Waals surface area contributed by atoms with Crippen LogP contribution in [0.15, 0.2) is 48.7 Å². The summed E-state index contributed by atoms with van der Waals surface area (Å²) in [6, 6.07) is 13.1. The summed E-state index contributed by atoms with van der Waals surface area (Å²) in [7, 11) is 0. The van der Waals surface area contributed by atoms with Gasteiger partial charge in [0.15, 0.2) is 5.65 Å². The minimum absolute atomic E-state index is 0.135. The SMILES string of the molecule is O=C(OCc1ccccc1)N1CCCCC1c1cc(Cl)n2nccc2n1. The summed E-state index contributed by atoms with van der Waals surface area (Å²) in [5.41, 5.74) is 2.42. The van der Waals surface area contributed by atoms with Crippen LogP contribution in [0.3, 0.4) is 0 Å². The average Bonchev–Trinajstić information content (AvgIpc) is 3.16. The molecule has 1 aliphatic heterocycles. The Morgan fingerprint density at radius 3 is 2.92 bits per heavy atom. The Morgan fingerprint density at radius 1 is 1.23 bits per heavy atom. The highest BCUT2D eigenvalue weighted by Crippen LogP contribution is 2.32. The molecular formula is C19H19ClN4O2. The number of fused-ring (bicyclic) bond motifs is 1. The van der Waals surface area contributed by atoms with Crippen LogP contribution in [0.5, 0.6) is 0 Å². The smallest absolute Gasteiger partial charge is 0.410 e. The molecule has 3 heterocycles. The number of hydrogen-bond acceptors (Lipinski definition) is 4. The summed E-state index contributed by atoms with van der Waals surface area (Å²) >= 11 is 6.32. The number of carbonyl (C=O) groups is 1. The number of amides is 1. The van der Waals surface area contributed by atoms with Crippen LogP contribution in [0.2, 0.25) is 5.15 Å². The van der Waals surface area contributed by atoms with Gasteiger partial charge in [-0.2, -0.15) is 5.10 Å². The van der Waals surface area contributed by atoms with Crippen LogP contribution in [-0.2, 0) is 11.3 Å². The zero-order chi connectivity index (χ0) is 17.9. The lowest BCUT2D eigenvalue weighted by atomic mass is 9.99. The van der Waals surface area contributed by atoms with Crippen LogP contribution < -0.4 is 0 Å². The van der Waals surface area contributed by atoms with Crippen LogP contribution >= 0.6 is 11.6 Å². The van der Waals surface area contributed by atoms with Gasteiger partial charge in [-0.1, -0.05) is 41.9 Å². The van der Waals surface area contributed by atoms with Gasteiger partial charge in [0.1, 0.15) is 11.8 Å². The molecule has 0 aliphatic carbocycles. The van der Waals surface area contributed by atoms with Crippen molar-refractivity contribution in [3.05, 3.63) is 65.1 Å². The van der Waals surface area contributed by atoms with E-state index in [0.29, 0.717) is 17.3 Å². The number of piperidine rings is 1. The number of carbonyl (C=O) groups excluding carboxylic acids is 1. The first-order valence-electron chi connectivity index (χ1n) is 8.70. The first-order valence-corrected chi connectivity index (χ1v) is 9.08. The molecule has 0 N–H and O–H groups in total. The van der Waals surface area contributed by atoms with E-state index >= 15 is 0 Å². The monoisotopic (exact) mass is 370 g/mol. The van der Waals surface area contributed by atoms with Crippen molar-refractivity contribution < 1.29 is 9.53 Å². The fraction of sp³-hybridized carbons (Fsp3) is 0.316. The predicted octanol–water partition coefficient (Wildman–Crippen LogP) is 4.25. The molecule has 7 heteroatoms. The first-order chi connectivity index (χ1) is 12.7. The molecule has 1 atom stereocenters. The molecule has 1 saturated heterocycles. The quantitative estimate of drug-likeness (QED) is 0.647. The average molecular weight is 371 g/mol. The van der Waals surface area contributed by atoms with Crippen LogP contribution in [0.4, 0.5) is 4.79 Å². The van der Waals surface area contributed by atoms with Crippen molar-refractivity contribution in [2.24, 2.45) is 0 Å². The molecule has 0 spiro atoms. The maximum absolute atomic E-state index is 12.7. The Balaban J connectivity index is 1.54. The number of aromatic nitrogens is 3. The normalized spacial score (nSPS) is 17.4. The van der Waals surface area contributed by atoms with Crippen molar-refractivity contribution in [2.45, 2.75) is 31.9 Å². The van der Waals surface area contributed by atoms with Crippen LogP contribution in [0.25, 0.3) is 5.65 Å². The van der Waals surface area contributed by atoms with E-state index in [0.717, 1.165) is 30.5 Å². The highest BCUT2D eigenvalue weighted by Gasteiger charge is 2.30. The number of benzene rings is 1. The third-order valence-electron chi connectivity index (χ3n) is 4.62. The lowest BCUT2D eigenvalue weighted by molar-refractivity contribution is 0.0669. The molecular weight excluding hydrogens is 352 g/mol. The maximum atomic E-state index is 12.7. The first kappa shape index (κ1) is 16.8. The summed E-state index contributed by atoms with van der Waals surface area (Å²) in [4.78, 5) is 19.1. The van der Waals surface area contributed by atoms with Crippen molar-refractivity contribution >= 4 is 23.3 Å². The third-order valence-corrected chi connectivity index (χ3v) is 4.89. The summed E-state index contributed by atoms with van der Waals surface area (Å²) in [6.45, 7) is 0.917. The van der Waals surface area contributed by atoms with E-state index in [1.165, 1.54) is 0 Å². The minimum atomic E-state index is -0.315. The second kappa shape index (κ2) is 7.33. The fourth-order valence-electron chi connectivity index (χ4n) is 3.32. The number of likely N-dealkylation sites (tertiary alicyclic amines) is 1. The van der Waals surface area contributed by atoms with E-state index in [-0.39, 0.29) is 18.7 Å². The van der Waals surface area contributed by atoms with E-state index < -0.39 is 0 Å². The molecule has 0 saturated carbocycles. The van der Waals surface area contributed by atoms with E-state index in [2.05, 4.69) is 10.1 Å². The van der Waals surface area contributed by atoms with Gasteiger partial charge < -0.3 is 4.74 Å². The van der Waals surface area contributed by atoms with Gasteiger partial charge >= 0.3 is 6.09 Å². The van der Waals surface area contributed by atoms with Crippen molar-refractivity contribution in [1.82, 2.24) is 19.5 Å². The highest BCUT2D eigenvalue weighted by atomic mass is 35.5. The van der Waals surface area contributed by atoms with E-state index in [9.17, 15) is 4.79 Å². The van der Waals surface area contributed by atoms with Gasteiger partial charge in [-0.05, 0) is 30.9 Å². The van der Waals surface area contributed by atoms with Gasteiger partial charge in [0.05, 0.1) is 17.9 Å². The molecule has 2 aromatic heterocycles. The topological polar surface area (TPSA) is 59.7 Å². The summed E-state index contributed by atoms with van der Waals surface area (Å²) in [5.74, 6) is 0. The van der Waals surface area contributed by atoms with Gasteiger partial charge in [0, 0.05) is 12.6 Å². The van der Waals surface area contributed by atoms with Gasteiger partial charge in [-0.3, -0.25) is 4.90 Å². The summed E-state index contributed by atoms with van der Waals surface area (Å²) in [5, 5.41) is 4.62. The van der Waals surface area contributed by atoms with Crippen molar-refractivity contribution in [1.29, 1.82) is 0 Å². The Kier molecular flexibility index (Phi) is 4.75. The summed E-state index contributed by atoms with van der Waals surface area (Å²) < 4.78 is 7.11. The predicted molar refractivity (Wildman–Crippen MR) is 97.9 cm³/mol. The Hall–Kier alpha value is -2.60. The number of nitrogens with zero attached hydrogens (tertiary/aromatic N) is 4. The molecule has 3 aromatic rings. The largest absolute Gasteiger partial charge is 0.445 e. The highest BCUT2D eigenvalue weighted by molar-refractivity contribution is 6.29. The molecule has 1 aromatic carbocycles. The molecule has 26 heavy (non-hydrogen) atoms. The molecule has 0 radical (unpaired) electrons. The van der Waals surface area contributed by atoms with Crippen molar-refractivity contribution in [3.8, 4) is 0 Å². The molecule has 4 rings (SSSR count). The lowest BCUT2D eigenvalue weighted by Gasteiger charge is -2.34. The van der Waals surface area contributed by atoms with Gasteiger partial charge in [-0.25, -0.2) is 14.3 Å². The minimum Gasteiger partial charge on any atom is -0.445 e. The number of ether oxygens (including phenoxy) is 1. The number of hydrogen-bond donors (Lipinski definition) is 0. The molecule has 1 aliphatic rings. The third kappa shape index (κ3) is 3.37. The van der Waals surface area contributed by atoms with Crippen LogP contribution in [0, 0.1) is 0 Å². The molecule has 1 fully saturated rings. The van der Waals surface area contributed by atoms with Crippen LogP contribution in [0.1, 0.15) is 36.6 Å². The second-order valence-corrected chi connectivity index (χ2v) is 6.74. The number of rotatable bonds is 3. The Morgan fingerprint density at radius 2 is 2.08 bits per heavy atom. The van der Waals surface area contributed by atoms with E-state index in [1.54, 1.807) is 27.7 Å². The van der Waals surface area contributed by atoms with E-state index in [4.69, 9.17) is 16.3 Å².